The maximum Gasteiger partial charge on any atom is 0.260 e. The molecule has 0 saturated carbocycles. The highest BCUT2D eigenvalue weighted by Gasteiger charge is 2.27. The lowest BCUT2D eigenvalue weighted by Crippen LogP contribution is -2.50. The van der Waals surface area contributed by atoms with Crippen molar-refractivity contribution in [3.63, 3.8) is 0 Å². The number of hydrogen-bond donors (Lipinski definition) is 0. The third-order valence-electron chi connectivity index (χ3n) is 5.98. The maximum atomic E-state index is 12.8. The topological polar surface area (TPSA) is 56.2 Å². The summed E-state index contributed by atoms with van der Waals surface area (Å²) < 4.78 is 4.77. The molecule has 1 saturated heterocycles. The van der Waals surface area contributed by atoms with E-state index in [1.54, 1.807) is 24.1 Å². The zero-order chi connectivity index (χ0) is 22.3. The smallest absolute Gasteiger partial charge is 0.260 e. The van der Waals surface area contributed by atoms with Gasteiger partial charge in [0.15, 0.2) is 0 Å². The molecule has 7 heteroatoms. The first kappa shape index (κ1) is 22.6. The fourth-order valence-electron chi connectivity index (χ4n) is 4.21. The van der Waals surface area contributed by atoms with E-state index in [-0.39, 0.29) is 17.7 Å². The van der Waals surface area contributed by atoms with E-state index < -0.39 is 0 Å². The molecule has 0 radical (unpaired) electrons. The van der Waals surface area contributed by atoms with Gasteiger partial charge in [-0.15, -0.1) is 0 Å². The second kappa shape index (κ2) is 10.8. The summed E-state index contributed by atoms with van der Waals surface area (Å²) in [5.41, 5.74) is 0.564. The van der Waals surface area contributed by atoms with E-state index in [1.165, 1.54) is 16.7 Å². The van der Waals surface area contributed by atoms with Crippen LogP contribution in [0.1, 0.15) is 19.8 Å². The molecule has 6 nitrogen and oxygen atoms in total. The number of nitrogens with zero attached hydrogens (tertiary/aromatic N) is 4. The predicted molar refractivity (Wildman–Crippen MR) is 131 cm³/mol. The Morgan fingerprint density at radius 1 is 1.12 bits per heavy atom. The number of amides is 2. The molecule has 2 aliphatic heterocycles. The molecule has 32 heavy (non-hydrogen) atoms. The SMILES string of the molecule is CC(=O)N(CCCN1CCN(C2=NSC3=CC2C=CC=C3)CC1)C(=O)C1=CC=CCC=C1. The lowest BCUT2D eigenvalue weighted by Gasteiger charge is -2.38. The molecule has 4 aliphatic rings. The van der Waals surface area contributed by atoms with E-state index in [0.717, 1.165) is 51.4 Å². The van der Waals surface area contributed by atoms with E-state index in [4.69, 9.17) is 4.40 Å². The number of allylic oxidation sites excluding steroid dienone is 7. The fourth-order valence-corrected chi connectivity index (χ4v) is 4.99. The quantitative estimate of drug-likeness (QED) is 0.600. The van der Waals surface area contributed by atoms with Crippen molar-refractivity contribution in [1.82, 2.24) is 14.7 Å². The van der Waals surface area contributed by atoms with Gasteiger partial charge in [-0.2, -0.15) is 4.40 Å². The maximum absolute atomic E-state index is 12.8. The van der Waals surface area contributed by atoms with Crippen molar-refractivity contribution < 1.29 is 9.59 Å². The molecule has 2 amide bonds. The Kier molecular flexibility index (Phi) is 7.60. The minimum absolute atomic E-state index is 0.200. The van der Waals surface area contributed by atoms with Crippen LogP contribution in [0.25, 0.3) is 0 Å². The molecular formula is C25H30N4O2S. The zero-order valence-electron chi connectivity index (χ0n) is 18.5. The van der Waals surface area contributed by atoms with Crippen LogP contribution < -0.4 is 0 Å². The van der Waals surface area contributed by atoms with Crippen LogP contribution in [0.2, 0.25) is 0 Å². The van der Waals surface area contributed by atoms with Crippen LogP contribution in [0.4, 0.5) is 0 Å². The van der Waals surface area contributed by atoms with Crippen LogP contribution in [0.5, 0.6) is 0 Å². The molecule has 2 aliphatic carbocycles. The Labute approximate surface area is 194 Å². The summed E-state index contributed by atoms with van der Waals surface area (Å²) in [6, 6.07) is 0. The average Bonchev–Trinajstić information content (AvgIpc) is 3.18. The van der Waals surface area contributed by atoms with E-state index in [9.17, 15) is 9.59 Å². The summed E-state index contributed by atoms with van der Waals surface area (Å²) in [5.74, 6) is 0.987. The lowest BCUT2D eigenvalue weighted by atomic mass is 10.1. The largest absolute Gasteiger partial charge is 0.356 e. The van der Waals surface area contributed by atoms with Crippen LogP contribution in [0, 0.1) is 5.92 Å². The standard InChI is InChI=1S/C25H30N4O2S/c1-20(30)29(25(31)21-9-4-2-3-5-10-21)14-8-13-27-15-17-28(18-16-27)24-22-11-6-7-12-23(19-22)32-26-24/h2,4-7,9-12,19,22H,3,8,13-18H2,1H3. The minimum atomic E-state index is -0.212. The number of hydrogen-bond acceptors (Lipinski definition) is 6. The monoisotopic (exact) mass is 450 g/mol. The first-order chi connectivity index (χ1) is 15.6. The van der Waals surface area contributed by atoms with Gasteiger partial charge in [-0.1, -0.05) is 48.6 Å². The Balaban J connectivity index is 1.25. The summed E-state index contributed by atoms with van der Waals surface area (Å²) in [7, 11) is 0. The Morgan fingerprint density at radius 3 is 2.78 bits per heavy atom. The van der Waals surface area contributed by atoms with Gasteiger partial charge < -0.3 is 4.90 Å². The van der Waals surface area contributed by atoms with Crippen molar-refractivity contribution in [2.45, 2.75) is 19.8 Å². The third-order valence-corrected chi connectivity index (χ3v) is 6.74. The number of carbonyl (C=O) groups is 2. The van der Waals surface area contributed by atoms with Gasteiger partial charge in [0.1, 0.15) is 5.84 Å². The van der Waals surface area contributed by atoms with Gasteiger partial charge in [0.05, 0.1) is 5.92 Å². The molecule has 2 bridgehead atoms. The van der Waals surface area contributed by atoms with Gasteiger partial charge in [0.25, 0.3) is 5.91 Å². The van der Waals surface area contributed by atoms with Crippen LogP contribution >= 0.6 is 11.9 Å². The summed E-state index contributed by atoms with van der Waals surface area (Å²) in [6.45, 7) is 6.59. The Hall–Kier alpha value is -2.64. The molecule has 0 aromatic rings. The van der Waals surface area contributed by atoms with E-state index in [1.807, 2.05) is 18.2 Å². The van der Waals surface area contributed by atoms with Crippen molar-refractivity contribution in [3.05, 3.63) is 71.2 Å². The molecule has 168 valence electrons. The van der Waals surface area contributed by atoms with Gasteiger partial charge >= 0.3 is 0 Å². The second-order valence-corrected chi connectivity index (χ2v) is 9.06. The highest BCUT2D eigenvalue weighted by Crippen LogP contribution is 2.31. The molecule has 2 heterocycles. The van der Waals surface area contributed by atoms with Gasteiger partial charge in [0.2, 0.25) is 5.91 Å². The van der Waals surface area contributed by atoms with E-state index in [2.05, 4.69) is 40.2 Å². The molecule has 0 spiro atoms. The number of amidine groups is 1. The van der Waals surface area contributed by atoms with Crippen LogP contribution in [0.3, 0.4) is 0 Å². The Bertz CT molecular complexity index is 949. The average molecular weight is 451 g/mol. The molecular weight excluding hydrogens is 420 g/mol. The molecule has 1 fully saturated rings. The van der Waals surface area contributed by atoms with Crippen molar-refractivity contribution in [3.8, 4) is 0 Å². The van der Waals surface area contributed by atoms with Gasteiger partial charge in [-0.3, -0.25) is 19.4 Å². The first-order valence-electron chi connectivity index (χ1n) is 11.3. The number of rotatable bonds is 5. The normalized spacial score (nSPS) is 22.6. The number of carbonyl (C=O) groups excluding carboxylic acids is 2. The zero-order valence-corrected chi connectivity index (χ0v) is 19.3. The van der Waals surface area contributed by atoms with E-state index >= 15 is 0 Å². The van der Waals surface area contributed by atoms with Crippen LogP contribution in [-0.4, -0.2) is 71.6 Å². The van der Waals surface area contributed by atoms with Crippen molar-refractivity contribution in [1.29, 1.82) is 0 Å². The lowest BCUT2D eigenvalue weighted by molar-refractivity contribution is -0.141. The van der Waals surface area contributed by atoms with Crippen LogP contribution in [-0.2, 0) is 9.59 Å². The summed E-state index contributed by atoms with van der Waals surface area (Å²) >= 11 is 1.55. The highest BCUT2D eigenvalue weighted by atomic mass is 32.2. The molecule has 1 atom stereocenters. The fraction of sp³-hybridized carbons (Fsp3) is 0.400. The van der Waals surface area contributed by atoms with Crippen LogP contribution in [0.15, 0.2) is 75.6 Å². The van der Waals surface area contributed by atoms with Gasteiger partial charge in [0, 0.05) is 62.1 Å². The number of imide groups is 1. The third kappa shape index (κ3) is 5.58. The summed E-state index contributed by atoms with van der Waals surface area (Å²) in [5, 5.41) is 0. The number of piperazine rings is 1. The van der Waals surface area contributed by atoms with Crippen molar-refractivity contribution in [2.24, 2.45) is 10.3 Å². The van der Waals surface area contributed by atoms with Crippen molar-refractivity contribution >= 4 is 29.6 Å². The van der Waals surface area contributed by atoms with E-state index in [0.29, 0.717) is 12.1 Å². The Morgan fingerprint density at radius 2 is 1.97 bits per heavy atom. The van der Waals surface area contributed by atoms with Gasteiger partial charge in [-0.25, -0.2) is 0 Å². The predicted octanol–water partition coefficient (Wildman–Crippen LogP) is 3.50. The minimum Gasteiger partial charge on any atom is -0.356 e. The second-order valence-electron chi connectivity index (χ2n) is 8.23. The summed E-state index contributed by atoms with van der Waals surface area (Å²) in [6.07, 6.45) is 21.7. The molecule has 0 N–H and O–H groups in total. The van der Waals surface area contributed by atoms with Crippen molar-refractivity contribution in [2.75, 3.05) is 39.3 Å². The van der Waals surface area contributed by atoms with Gasteiger partial charge in [-0.05, 0) is 31.5 Å². The number of fused-ring (bicyclic) bond motifs is 1. The first-order valence-corrected chi connectivity index (χ1v) is 12.0. The highest BCUT2D eigenvalue weighted by molar-refractivity contribution is 8.02. The molecule has 1 unspecified atom stereocenters. The molecule has 4 rings (SSSR count). The molecule has 0 aromatic carbocycles. The summed E-state index contributed by atoms with van der Waals surface area (Å²) in [4.78, 5) is 32.3. The molecule has 0 aromatic heterocycles.